The minimum absolute atomic E-state index is 0.256. The summed E-state index contributed by atoms with van der Waals surface area (Å²) >= 11 is 0. The van der Waals surface area contributed by atoms with Crippen LogP contribution in [0.15, 0.2) is 97.2 Å². The van der Waals surface area contributed by atoms with Gasteiger partial charge in [-0.2, -0.15) is 10.1 Å². The lowest BCUT2D eigenvalue weighted by atomic mass is 9.87. The first-order chi connectivity index (χ1) is 17.5. The van der Waals surface area contributed by atoms with E-state index in [9.17, 15) is 14.4 Å². The standard InChI is InChI=1S/C28H25N5O3/c1-2-28(22-16-10-5-11-17-22)26(35)33(27(36)29-28)31-25(34)23-19-32(18-20-12-6-3-7-13-20)30-24(23)21-14-8-4-9-15-21/h3-17,19H,2,18H2,1H3,(H,29,36)(H,31,34)/t28-/m0/s1. The van der Waals surface area contributed by atoms with E-state index in [1.165, 1.54) is 0 Å². The third-order valence-electron chi connectivity index (χ3n) is 6.34. The Bertz CT molecular complexity index is 1400. The Hall–Kier alpha value is -4.72. The van der Waals surface area contributed by atoms with E-state index in [1.807, 2.05) is 73.7 Å². The number of carbonyl (C=O) groups is 3. The van der Waals surface area contributed by atoms with Crippen LogP contribution in [-0.2, 0) is 16.9 Å². The predicted octanol–water partition coefficient (Wildman–Crippen LogP) is 4.10. The van der Waals surface area contributed by atoms with Gasteiger partial charge in [-0.1, -0.05) is 97.9 Å². The lowest BCUT2D eigenvalue weighted by Gasteiger charge is -2.25. The van der Waals surface area contributed by atoms with Crippen molar-refractivity contribution < 1.29 is 14.4 Å². The summed E-state index contributed by atoms with van der Waals surface area (Å²) in [6, 6.07) is 27.4. The van der Waals surface area contributed by atoms with Gasteiger partial charge < -0.3 is 5.32 Å². The number of rotatable bonds is 7. The molecule has 1 fully saturated rings. The molecule has 180 valence electrons. The molecule has 0 unspecified atom stereocenters. The summed E-state index contributed by atoms with van der Waals surface area (Å²) in [5, 5.41) is 8.20. The average molecular weight is 480 g/mol. The zero-order valence-electron chi connectivity index (χ0n) is 19.7. The molecule has 2 heterocycles. The molecule has 0 aliphatic carbocycles. The quantitative estimate of drug-likeness (QED) is 0.390. The van der Waals surface area contributed by atoms with Gasteiger partial charge in [-0.3, -0.25) is 19.7 Å². The molecule has 1 aliphatic rings. The summed E-state index contributed by atoms with van der Waals surface area (Å²) in [5.41, 5.74) is 4.42. The first kappa shape index (κ1) is 23.0. The van der Waals surface area contributed by atoms with Crippen LogP contribution in [0.1, 0.15) is 34.8 Å². The number of carbonyl (C=O) groups excluding carboxylic acids is 3. The first-order valence-corrected chi connectivity index (χ1v) is 11.7. The maximum absolute atomic E-state index is 13.4. The second-order valence-corrected chi connectivity index (χ2v) is 8.58. The van der Waals surface area contributed by atoms with Crippen molar-refractivity contribution in [1.29, 1.82) is 0 Å². The SMILES string of the molecule is CC[C@@]1(c2ccccc2)NC(=O)N(NC(=O)c2cn(Cc3ccccc3)nc2-c2ccccc2)C1=O. The fourth-order valence-electron chi connectivity index (χ4n) is 4.45. The van der Waals surface area contributed by atoms with E-state index < -0.39 is 23.4 Å². The number of imide groups is 1. The normalized spacial score (nSPS) is 17.2. The number of benzene rings is 3. The van der Waals surface area contributed by atoms with Crippen LogP contribution in [0, 0.1) is 0 Å². The molecule has 1 aliphatic heterocycles. The molecule has 4 aromatic rings. The second kappa shape index (κ2) is 9.50. The fourth-order valence-corrected chi connectivity index (χ4v) is 4.45. The molecule has 36 heavy (non-hydrogen) atoms. The third-order valence-corrected chi connectivity index (χ3v) is 6.34. The van der Waals surface area contributed by atoms with Crippen LogP contribution in [-0.4, -0.2) is 32.6 Å². The van der Waals surface area contributed by atoms with Crippen molar-refractivity contribution in [2.45, 2.75) is 25.4 Å². The van der Waals surface area contributed by atoms with Crippen LogP contribution in [0.4, 0.5) is 4.79 Å². The molecule has 0 saturated carbocycles. The molecule has 5 rings (SSSR count). The molecule has 0 spiro atoms. The van der Waals surface area contributed by atoms with Crippen molar-refractivity contribution in [3.05, 3.63) is 114 Å². The number of aromatic nitrogens is 2. The Labute approximate surface area is 208 Å². The van der Waals surface area contributed by atoms with E-state index in [-0.39, 0.29) is 5.56 Å². The smallest absolute Gasteiger partial charge is 0.318 e. The summed E-state index contributed by atoms with van der Waals surface area (Å²) in [5.74, 6) is -1.14. The summed E-state index contributed by atoms with van der Waals surface area (Å²) in [6.45, 7) is 2.28. The van der Waals surface area contributed by atoms with Crippen LogP contribution in [0.5, 0.6) is 0 Å². The van der Waals surface area contributed by atoms with Gasteiger partial charge >= 0.3 is 6.03 Å². The number of nitrogens with one attached hydrogen (secondary N) is 2. The van der Waals surface area contributed by atoms with Gasteiger partial charge in [-0.25, -0.2) is 4.79 Å². The second-order valence-electron chi connectivity index (χ2n) is 8.58. The van der Waals surface area contributed by atoms with Crippen LogP contribution < -0.4 is 10.7 Å². The van der Waals surface area contributed by atoms with Crippen LogP contribution in [0.3, 0.4) is 0 Å². The highest BCUT2D eigenvalue weighted by molar-refractivity contribution is 6.10. The Kier molecular flexibility index (Phi) is 6.08. The molecule has 2 N–H and O–H groups in total. The van der Waals surface area contributed by atoms with Crippen molar-refractivity contribution >= 4 is 17.8 Å². The molecule has 8 heteroatoms. The number of urea groups is 1. The Morgan fingerprint density at radius 1 is 0.917 bits per heavy atom. The predicted molar refractivity (Wildman–Crippen MR) is 134 cm³/mol. The Balaban J connectivity index is 1.46. The van der Waals surface area contributed by atoms with Gasteiger partial charge in [0, 0.05) is 11.8 Å². The Morgan fingerprint density at radius 3 is 2.17 bits per heavy atom. The van der Waals surface area contributed by atoms with Crippen molar-refractivity contribution in [3.63, 3.8) is 0 Å². The van der Waals surface area contributed by atoms with Crippen LogP contribution >= 0.6 is 0 Å². The fraction of sp³-hybridized carbons (Fsp3) is 0.143. The number of hydrogen-bond donors (Lipinski definition) is 2. The van der Waals surface area contributed by atoms with E-state index in [0.717, 1.165) is 16.1 Å². The number of nitrogens with zero attached hydrogens (tertiary/aromatic N) is 3. The largest absolute Gasteiger partial charge is 0.344 e. The average Bonchev–Trinajstić information content (AvgIpc) is 3.45. The van der Waals surface area contributed by atoms with E-state index in [4.69, 9.17) is 0 Å². The summed E-state index contributed by atoms with van der Waals surface area (Å²) in [7, 11) is 0. The van der Waals surface area contributed by atoms with Crippen molar-refractivity contribution in [2.24, 2.45) is 0 Å². The molecule has 1 aromatic heterocycles. The topological polar surface area (TPSA) is 96.3 Å². The minimum atomic E-state index is -1.24. The molecule has 1 atom stereocenters. The van der Waals surface area contributed by atoms with Crippen LogP contribution in [0.2, 0.25) is 0 Å². The van der Waals surface area contributed by atoms with Gasteiger partial charge in [-0.05, 0) is 17.5 Å². The summed E-state index contributed by atoms with van der Waals surface area (Å²) in [6.07, 6.45) is 1.96. The summed E-state index contributed by atoms with van der Waals surface area (Å²) < 4.78 is 1.68. The van der Waals surface area contributed by atoms with Crippen molar-refractivity contribution in [3.8, 4) is 11.3 Å². The zero-order valence-corrected chi connectivity index (χ0v) is 19.7. The van der Waals surface area contributed by atoms with Crippen LogP contribution in [0.25, 0.3) is 11.3 Å². The molecule has 3 aromatic carbocycles. The summed E-state index contributed by atoms with van der Waals surface area (Å²) in [4.78, 5) is 39.8. The van der Waals surface area contributed by atoms with Gasteiger partial charge in [0.1, 0.15) is 11.2 Å². The highest BCUT2D eigenvalue weighted by Crippen LogP contribution is 2.32. The first-order valence-electron chi connectivity index (χ1n) is 11.7. The van der Waals surface area contributed by atoms with E-state index in [0.29, 0.717) is 24.2 Å². The Morgan fingerprint density at radius 2 is 1.53 bits per heavy atom. The number of amides is 4. The molecule has 4 amide bonds. The molecular formula is C28H25N5O3. The molecule has 0 radical (unpaired) electrons. The molecule has 8 nitrogen and oxygen atoms in total. The lowest BCUT2D eigenvalue weighted by molar-refractivity contribution is -0.133. The molecule has 0 bridgehead atoms. The number of hydrogen-bond acceptors (Lipinski definition) is 4. The monoisotopic (exact) mass is 479 g/mol. The van der Waals surface area contributed by atoms with Gasteiger partial charge in [0.05, 0.1) is 12.1 Å². The van der Waals surface area contributed by atoms with Gasteiger partial charge in [0.15, 0.2) is 0 Å². The van der Waals surface area contributed by atoms with E-state index in [1.54, 1.807) is 35.1 Å². The van der Waals surface area contributed by atoms with E-state index >= 15 is 0 Å². The zero-order chi connectivity index (χ0) is 25.1. The van der Waals surface area contributed by atoms with E-state index in [2.05, 4.69) is 15.8 Å². The van der Waals surface area contributed by atoms with Gasteiger partial charge in [-0.15, -0.1) is 0 Å². The molecule has 1 saturated heterocycles. The maximum Gasteiger partial charge on any atom is 0.344 e. The van der Waals surface area contributed by atoms with Gasteiger partial charge in [0.25, 0.3) is 11.8 Å². The minimum Gasteiger partial charge on any atom is -0.318 e. The van der Waals surface area contributed by atoms with Crippen molar-refractivity contribution in [2.75, 3.05) is 0 Å². The highest BCUT2D eigenvalue weighted by Gasteiger charge is 2.52. The lowest BCUT2D eigenvalue weighted by Crippen LogP contribution is -2.48. The van der Waals surface area contributed by atoms with Crippen molar-refractivity contribution in [1.82, 2.24) is 25.5 Å². The van der Waals surface area contributed by atoms with Gasteiger partial charge in [0.2, 0.25) is 0 Å². The number of hydrazine groups is 1. The maximum atomic E-state index is 13.4. The highest BCUT2D eigenvalue weighted by atomic mass is 16.2. The third kappa shape index (κ3) is 4.13. The molecular weight excluding hydrogens is 454 g/mol.